The van der Waals surface area contributed by atoms with Gasteiger partial charge < -0.3 is 5.32 Å². The minimum Gasteiger partial charge on any atom is -0.380 e. The highest BCUT2D eigenvalue weighted by atomic mass is 79.9. The number of nitrogens with one attached hydrogen (secondary N) is 1. The van der Waals surface area contributed by atoms with Crippen LogP contribution in [0.3, 0.4) is 0 Å². The summed E-state index contributed by atoms with van der Waals surface area (Å²) in [5.41, 5.74) is 1.74. The Bertz CT molecular complexity index is 404. The van der Waals surface area contributed by atoms with Crippen LogP contribution in [0.2, 0.25) is 0 Å². The van der Waals surface area contributed by atoms with Gasteiger partial charge in [-0.3, -0.25) is 10.1 Å². The van der Waals surface area contributed by atoms with Crippen LogP contribution in [0, 0.1) is 10.1 Å². The van der Waals surface area contributed by atoms with Crippen molar-refractivity contribution in [3.05, 3.63) is 44.9 Å². The van der Waals surface area contributed by atoms with Crippen molar-refractivity contribution in [2.45, 2.75) is 6.92 Å². The molecule has 0 unspecified atom stereocenters. The lowest BCUT2D eigenvalue weighted by Gasteiger charge is -2.07. The van der Waals surface area contributed by atoms with Crippen molar-refractivity contribution in [1.29, 1.82) is 0 Å². The first-order chi connectivity index (χ1) is 7.00. The molecule has 0 fully saturated rings. The molecule has 0 spiro atoms. The van der Waals surface area contributed by atoms with Crippen LogP contribution in [0.1, 0.15) is 6.92 Å². The molecule has 0 radical (unpaired) electrons. The molecule has 0 aliphatic heterocycles. The molecule has 1 aromatic rings. The topological polar surface area (TPSA) is 55.2 Å². The van der Waals surface area contributed by atoms with Crippen LogP contribution < -0.4 is 5.32 Å². The number of nitrogens with zero attached hydrogens (tertiary/aromatic N) is 1. The fourth-order valence-corrected chi connectivity index (χ4v) is 1.40. The standard InChI is InChI=1S/C10H11BrN2O2/c1-7(2)6-12-10-5-8(13(14)15)3-4-9(10)11/h3-5,12H,1,6H2,2H3. The van der Waals surface area contributed by atoms with Crippen molar-refractivity contribution in [3.8, 4) is 0 Å². The number of hydrogen-bond acceptors (Lipinski definition) is 3. The summed E-state index contributed by atoms with van der Waals surface area (Å²) in [5.74, 6) is 0. The average Bonchev–Trinajstić information content (AvgIpc) is 2.16. The zero-order chi connectivity index (χ0) is 11.4. The molecule has 0 aliphatic rings. The molecule has 0 saturated heterocycles. The van der Waals surface area contributed by atoms with Crippen molar-refractivity contribution >= 4 is 27.3 Å². The van der Waals surface area contributed by atoms with Crippen molar-refractivity contribution in [2.75, 3.05) is 11.9 Å². The van der Waals surface area contributed by atoms with Gasteiger partial charge in [-0.2, -0.15) is 0 Å². The Balaban J connectivity index is 2.90. The van der Waals surface area contributed by atoms with Gasteiger partial charge in [-0.1, -0.05) is 12.2 Å². The molecule has 0 atom stereocenters. The number of halogens is 1. The number of anilines is 1. The number of rotatable bonds is 4. The van der Waals surface area contributed by atoms with Gasteiger partial charge in [-0.25, -0.2) is 0 Å². The van der Waals surface area contributed by atoms with E-state index in [0.29, 0.717) is 12.2 Å². The zero-order valence-corrected chi connectivity index (χ0v) is 9.87. The first kappa shape index (κ1) is 11.7. The maximum Gasteiger partial charge on any atom is 0.271 e. The van der Waals surface area contributed by atoms with E-state index in [9.17, 15) is 10.1 Å². The summed E-state index contributed by atoms with van der Waals surface area (Å²) in [6.45, 7) is 6.23. The Hall–Kier alpha value is -1.36. The van der Waals surface area contributed by atoms with E-state index in [2.05, 4.69) is 27.8 Å². The van der Waals surface area contributed by atoms with Crippen LogP contribution in [0.5, 0.6) is 0 Å². The lowest BCUT2D eigenvalue weighted by Crippen LogP contribution is -2.03. The van der Waals surface area contributed by atoms with Crippen LogP contribution >= 0.6 is 15.9 Å². The fraction of sp³-hybridized carbons (Fsp3) is 0.200. The monoisotopic (exact) mass is 270 g/mol. The third-order valence-corrected chi connectivity index (χ3v) is 2.43. The quantitative estimate of drug-likeness (QED) is 0.519. The Morgan fingerprint density at radius 2 is 2.33 bits per heavy atom. The first-order valence-corrected chi connectivity index (χ1v) is 5.12. The minimum absolute atomic E-state index is 0.0717. The van der Waals surface area contributed by atoms with E-state index in [0.717, 1.165) is 10.0 Å². The number of hydrogen-bond donors (Lipinski definition) is 1. The third-order valence-electron chi connectivity index (χ3n) is 1.74. The molecule has 0 aromatic heterocycles. The van der Waals surface area contributed by atoms with E-state index in [1.807, 2.05) is 6.92 Å². The highest BCUT2D eigenvalue weighted by Crippen LogP contribution is 2.27. The maximum atomic E-state index is 10.5. The highest BCUT2D eigenvalue weighted by molar-refractivity contribution is 9.10. The second kappa shape index (κ2) is 4.93. The van der Waals surface area contributed by atoms with Gasteiger partial charge in [0, 0.05) is 23.2 Å². The molecular weight excluding hydrogens is 260 g/mol. The van der Waals surface area contributed by atoms with E-state index in [1.165, 1.54) is 12.1 Å². The zero-order valence-electron chi connectivity index (χ0n) is 8.29. The summed E-state index contributed by atoms with van der Waals surface area (Å²) >= 11 is 3.31. The summed E-state index contributed by atoms with van der Waals surface area (Å²) in [6, 6.07) is 4.60. The van der Waals surface area contributed by atoms with Gasteiger partial charge in [-0.05, 0) is 28.9 Å². The van der Waals surface area contributed by atoms with Gasteiger partial charge in [0.15, 0.2) is 0 Å². The molecule has 1 rings (SSSR count). The van der Waals surface area contributed by atoms with Crippen LogP contribution in [-0.4, -0.2) is 11.5 Å². The molecule has 0 bridgehead atoms. The van der Waals surface area contributed by atoms with Gasteiger partial charge in [0.05, 0.1) is 10.6 Å². The van der Waals surface area contributed by atoms with Crippen LogP contribution in [0.15, 0.2) is 34.8 Å². The van der Waals surface area contributed by atoms with Gasteiger partial charge in [0.1, 0.15) is 0 Å². The number of benzene rings is 1. The fourth-order valence-electron chi connectivity index (χ4n) is 1.01. The lowest BCUT2D eigenvalue weighted by atomic mass is 10.2. The molecule has 15 heavy (non-hydrogen) atoms. The van der Waals surface area contributed by atoms with Gasteiger partial charge >= 0.3 is 0 Å². The molecular formula is C10H11BrN2O2. The molecule has 0 aliphatic carbocycles. The highest BCUT2D eigenvalue weighted by Gasteiger charge is 2.08. The van der Waals surface area contributed by atoms with Crippen molar-refractivity contribution in [1.82, 2.24) is 0 Å². The Morgan fingerprint density at radius 1 is 1.67 bits per heavy atom. The summed E-state index contributed by atoms with van der Waals surface area (Å²) in [5, 5.41) is 13.6. The van der Waals surface area contributed by atoms with Crippen LogP contribution in [0.4, 0.5) is 11.4 Å². The summed E-state index contributed by atoms with van der Waals surface area (Å²) in [7, 11) is 0. The molecule has 1 aromatic carbocycles. The first-order valence-electron chi connectivity index (χ1n) is 4.33. The van der Waals surface area contributed by atoms with E-state index in [-0.39, 0.29) is 5.69 Å². The largest absolute Gasteiger partial charge is 0.380 e. The molecule has 0 saturated carbocycles. The Morgan fingerprint density at radius 3 is 2.87 bits per heavy atom. The Kier molecular flexibility index (Phi) is 3.85. The van der Waals surface area contributed by atoms with E-state index in [1.54, 1.807) is 6.07 Å². The van der Waals surface area contributed by atoms with E-state index >= 15 is 0 Å². The normalized spacial score (nSPS) is 9.73. The van der Waals surface area contributed by atoms with Gasteiger partial charge in [-0.15, -0.1) is 0 Å². The molecule has 0 heterocycles. The predicted molar refractivity (Wildman–Crippen MR) is 64.1 cm³/mol. The second-order valence-electron chi connectivity index (χ2n) is 3.23. The van der Waals surface area contributed by atoms with E-state index in [4.69, 9.17) is 0 Å². The lowest BCUT2D eigenvalue weighted by molar-refractivity contribution is -0.384. The summed E-state index contributed by atoms with van der Waals surface area (Å²) in [6.07, 6.45) is 0. The second-order valence-corrected chi connectivity index (χ2v) is 4.09. The van der Waals surface area contributed by atoms with Gasteiger partial charge in [0.2, 0.25) is 0 Å². The maximum absolute atomic E-state index is 10.5. The molecule has 5 heteroatoms. The molecule has 1 N–H and O–H groups in total. The summed E-state index contributed by atoms with van der Waals surface area (Å²) < 4.78 is 0.800. The SMILES string of the molecule is C=C(C)CNc1cc([N+](=O)[O-])ccc1Br. The number of nitro benzene ring substituents is 1. The number of nitro groups is 1. The van der Waals surface area contributed by atoms with Crippen molar-refractivity contribution in [2.24, 2.45) is 0 Å². The van der Waals surface area contributed by atoms with Crippen molar-refractivity contribution < 1.29 is 4.92 Å². The Labute approximate surface area is 96.3 Å². The van der Waals surface area contributed by atoms with Crippen LogP contribution in [-0.2, 0) is 0 Å². The predicted octanol–water partition coefficient (Wildman–Crippen LogP) is 3.35. The molecule has 0 amide bonds. The molecule has 80 valence electrons. The molecule has 4 nitrogen and oxygen atoms in total. The van der Waals surface area contributed by atoms with Crippen molar-refractivity contribution in [3.63, 3.8) is 0 Å². The number of non-ortho nitro benzene ring substituents is 1. The van der Waals surface area contributed by atoms with E-state index < -0.39 is 4.92 Å². The smallest absolute Gasteiger partial charge is 0.271 e. The summed E-state index contributed by atoms with van der Waals surface area (Å²) in [4.78, 5) is 10.1. The van der Waals surface area contributed by atoms with Crippen LogP contribution in [0.25, 0.3) is 0 Å². The average molecular weight is 271 g/mol. The minimum atomic E-state index is -0.418. The van der Waals surface area contributed by atoms with Gasteiger partial charge in [0.25, 0.3) is 5.69 Å². The third kappa shape index (κ3) is 3.36.